The van der Waals surface area contributed by atoms with E-state index in [0.717, 1.165) is 12.8 Å². The van der Waals surface area contributed by atoms with Gasteiger partial charge < -0.3 is 19.8 Å². The SMILES string of the molecule is COc1cc(-c2nnc(CCC(=O)NCC3CC3)c(=O)[nH]2)ccc1OCc1cccc(F)c1. The number of carbonyl (C=O) groups excluding carboxylic acids is 1. The number of hydrogen-bond acceptors (Lipinski definition) is 6. The van der Waals surface area contributed by atoms with Gasteiger partial charge in [-0.2, -0.15) is 0 Å². The van der Waals surface area contributed by atoms with Gasteiger partial charge in [-0.05, 0) is 54.7 Å². The van der Waals surface area contributed by atoms with Gasteiger partial charge in [0.2, 0.25) is 5.91 Å². The molecule has 1 fully saturated rings. The quantitative estimate of drug-likeness (QED) is 0.490. The van der Waals surface area contributed by atoms with E-state index in [1.165, 1.54) is 19.2 Å². The highest BCUT2D eigenvalue weighted by Crippen LogP contribution is 2.31. The number of hydrogen-bond donors (Lipinski definition) is 2. The highest BCUT2D eigenvalue weighted by atomic mass is 19.1. The van der Waals surface area contributed by atoms with Crippen molar-refractivity contribution in [3.63, 3.8) is 0 Å². The Morgan fingerprint density at radius 3 is 2.76 bits per heavy atom. The van der Waals surface area contributed by atoms with Crippen molar-refractivity contribution < 1.29 is 18.7 Å². The third-order valence-corrected chi connectivity index (χ3v) is 5.36. The molecule has 2 aromatic carbocycles. The first-order valence-electron chi connectivity index (χ1n) is 10.8. The van der Waals surface area contributed by atoms with Crippen LogP contribution in [0, 0.1) is 11.7 Å². The van der Waals surface area contributed by atoms with Crippen molar-refractivity contribution in [3.8, 4) is 22.9 Å². The fourth-order valence-electron chi connectivity index (χ4n) is 3.28. The lowest BCUT2D eigenvalue weighted by atomic mass is 10.2. The molecule has 1 amide bonds. The summed E-state index contributed by atoms with van der Waals surface area (Å²) in [4.78, 5) is 27.0. The third-order valence-electron chi connectivity index (χ3n) is 5.36. The predicted octanol–water partition coefficient (Wildman–Crippen LogP) is 3.02. The van der Waals surface area contributed by atoms with Gasteiger partial charge in [-0.15, -0.1) is 10.2 Å². The molecule has 3 aromatic rings. The molecule has 8 nitrogen and oxygen atoms in total. The highest BCUT2D eigenvalue weighted by Gasteiger charge is 2.21. The Balaban J connectivity index is 1.40. The first-order valence-corrected chi connectivity index (χ1v) is 10.8. The van der Waals surface area contributed by atoms with Crippen LogP contribution in [0.2, 0.25) is 0 Å². The summed E-state index contributed by atoms with van der Waals surface area (Å²) >= 11 is 0. The zero-order valence-corrected chi connectivity index (χ0v) is 18.3. The van der Waals surface area contributed by atoms with E-state index in [1.54, 1.807) is 30.3 Å². The molecule has 1 aliphatic rings. The molecule has 0 spiro atoms. The number of rotatable bonds is 10. The van der Waals surface area contributed by atoms with E-state index < -0.39 is 0 Å². The number of amides is 1. The lowest BCUT2D eigenvalue weighted by Crippen LogP contribution is -2.27. The topological polar surface area (TPSA) is 106 Å². The van der Waals surface area contributed by atoms with E-state index in [-0.39, 0.29) is 48.3 Å². The van der Waals surface area contributed by atoms with Crippen molar-refractivity contribution in [2.24, 2.45) is 5.92 Å². The summed E-state index contributed by atoms with van der Waals surface area (Å²) in [6.45, 7) is 0.872. The summed E-state index contributed by atoms with van der Waals surface area (Å²) < 4.78 is 24.5. The molecule has 4 rings (SSSR count). The summed E-state index contributed by atoms with van der Waals surface area (Å²) in [7, 11) is 1.50. The zero-order chi connectivity index (χ0) is 23.2. The second-order valence-corrected chi connectivity index (χ2v) is 7.98. The van der Waals surface area contributed by atoms with Gasteiger partial charge in [0.25, 0.3) is 5.56 Å². The van der Waals surface area contributed by atoms with Crippen LogP contribution >= 0.6 is 0 Å². The van der Waals surface area contributed by atoms with Crippen LogP contribution < -0.4 is 20.3 Å². The normalized spacial score (nSPS) is 12.9. The van der Waals surface area contributed by atoms with Crippen molar-refractivity contribution >= 4 is 5.91 Å². The number of nitrogens with one attached hydrogen (secondary N) is 2. The molecular weight excluding hydrogens is 427 g/mol. The van der Waals surface area contributed by atoms with Crippen LogP contribution in [-0.2, 0) is 17.8 Å². The molecule has 0 bridgehead atoms. The maximum atomic E-state index is 13.4. The molecule has 1 aromatic heterocycles. The van der Waals surface area contributed by atoms with E-state index in [1.807, 2.05) is 0 Å². The van der Waals surface area contributed by atoms with Gasteiger partial charge in [0.05, 0.1) is 7.11 Å². The minimum absolute atomic E-state index is 0.0919. The minimum atomic E-state index is -0.389. The van der Waals surface area contributed by atoms with Crippen molar-refractivity contribution in [2.75, 3.05) is 13.7 Å². The lowest BCUT2D eigenvalue weighted by molar-refractivity contribution is -0.121. The maximum Gasteiger partial charge on any atom is 0.273 e. The molecule has 0 atom stereocenters. The molecule has 0 radical (unpaired) electrons. The maximum absolute atomic E-state index is 13.4. The average Bonchev–Trinajstić information content (AvgIpc) is 3.65. The Hall–Kier alpha value is -3.75. The molecule has 0 unspecified atom stereocenters. The van der Waals surface area contributed by atoms with Crippen LogP contribution in [-0.4, -0.2) is 34.7 Å². The van der Waals surface area contributed by atoms with Crippen LogP contribution in [0.15, 0.2) is 47.3 Å². The second kappa shape index (κ2) is 10.2. The molecule has 1 saturated carbocycles. The molecule has 1 heterocycles. The Bertz CT molecular complexity index is 1190. The number of aromatic nitrogens is 3. The van der Waals surface area contributed by atoms with Gasteiger partial charge in [0, 0.05) is 24.9 Å². The van der Waals surface area contributed by atoms with Crippen molar-refractivity contribution in [1.29, 1.82) is 0 Å². The number of halogens is 1. The highest BCUT2D eigenvalue weighted by molar-refractivity contribution is 5.76. The van der Waals surface area contributed by atoms with Crippen molar-refractivity contribution in [2.45, 2.75) is 32.3 Å². The summed E-state index contributed by atoms with van der Waals surface area (Å²) in [5.74, 6) is 1.36. The van der Waals surface area contributed by atoms with Crippen LogP contribution in [0.4, 0.5) is 4.39 Å². The fraction of sp³-hybridized carbons (Fsp3) is 0.333. The first kappa shape index (κ1) is 22.4. The van der Waals surface area contributed by atoms with Gasteiger partial charge in [0.15, 0.2) is 17.3 Å². The Morgan fingerprint density at radius 2 is 2.03 bits per heavy atom. The van der Waals surface area contributed by atoms with Crippen molar-refractivity contribution in [1.82, 2.24) is 20.5 Å². The van der Waals surface area contributed by atoms with Gasteiger partial charge >= 0.3 is 0 Å². The number of carbonyl (C=O) groups is 1. The fourth-order valence-corrected chi connectivity index (χ4v) is 3.28. The number of methoxy groups -OCH3 is 1. The van der Waals surface area contributed by atoms with E-state index >= 15 is 0 Å². The largest absolute Gasteiger partial charge is 0.493 e. The van der Waals surface area contributed by atoms with Gasteiger partial charge in [-0.25, -0.2) is 4.39 Å². The van der Waals surface area contributed by atoms with Crippen LogP contribution in [0.25, 0.3) is 11.4 Å². The molecule has 9 heteroatoms. The van der Waals surface area contributed by atoms with Crippen LogP contribution in [0.1, 0.15) is 30.5 Å². The summed E-state index contributed by atoms with van der Waals surface area (Å²) in [6, 6.07) is 11.2. The number of ether oxygens (including phenoxy) is 2. The zero-order valence-electron chi connectivity index (χ0n) is 18.3. The lowest BCUT2D eigenvalue weighted by Gasteiger charge is -2.12. The number of H-pyrrole nitrogens is 1. The monoisotopic (exact) mass is 452 g/mol. The summed E-state index contributed by atoms with van der Waals surface area (Å²) in [5, 5.41) is 11.0. The Kier molecular flexibility index (Phi) is 6.97. The number of nitrogens with zero attached hydrogens (tertiary/aromatic N) is 2. The van der Waals surface area contributed by atoms with E-state index in [0.29, 0.717) is 35.1 Å². The van der Waals surface area contributed by atoms with Crippen LogP contribution in [0.3, 0.4) is 0 Å². The molecular formula is C24H25FN4O4. The van der Waals surface area contributed by atoms with E-state index in [4.69, 9.17) is 9.47 Å². The predicted molar refractivity (Wildman–Crippen MR) is 119 cm³/mol. The summed E-state index contributed by atoms with van der Waals surface area (Å²) in [5.41, 5.74) is 1.10. The molecule has 33 heavy (non-hydrogen) atoms. The average molecular weight is 452 g/mol. The minimum Gasteiger partial charge on any atom is -0.493 e. The number of aryl methyl sites for hydroxylation is 1. The first-order chi connectivity index (χ1) is 16.0. The Morgan fingerprint density at radius 1 is 1.18 bits per heavy atom. The van der Waals surface area contributed by atoms with Gasteiger partial charge in [-0.1, -0.05) is 12.1 Å². The standard InChI is InChI=1S/C24H25FN4O4/c1-32-21-12-17(7-9-20(21)33-14-16-3-2-4-18(25)11-16)23-27-24(31)19(28-29-23)8-10-22(30)26-13-15-5-6-15/h2-4,7,9,11-12,15H,5-6,8,10,13-14H2,1H3,(H,26,30)(H,27,29,31). The van der Waals surface area contributed by atoms with Crippen molar-refractivity contribution in [3.05, 3.63) is 69.9 Å². The van der Waals surface area contributed by atoms with Crippen LogP contribution in [0.5, 0.6) is 11.5 Å². The molecule has 0 saturated heterocycles. The second-order valence-electron chi connectivity index (χ2n) is 7.98. The summed E-state index contributed by atoms with van der Waals surface area (Å²) in [6.07, 6.45) is 2.74. The van der Waals surface area contributed by atoms with E-state index in [9.17, 15) is 14.0 Å². The van der Waals surface area contributed by atoms with Gasteiger partial charge in [-0.3, -0.25) is 9.59 Å². The smallest absolute Gasteiger partial charge is 0.273 e. The molecule has 0 aliphatic heterocycles. The Labute approximate surface area is 190 Å². The molecule has 1 aliphatic carbocycles. The number of benzene rings is 2. The third kappa shape index (κ3) is 6.15. The molecule has 2 N–H and O–H groups in total. The van der Waals surface area contributed by atoms with E-state index in [2.05, 4.69) is 20.5 Å². The van der Waals surface area contributed by atoms with Gasteiger partial charge in [0.1, 0.15) is 18.1 Å². The number of aromatic amines is 1. The molecule has 172 valence electrons.